The average molecular weight is 302 g/mol. The molecular formula is C13H22N2O2S2. The third-order valence-electron chi connectivity index (χ3n) is 4.37. The molecule has 1 atom stereocenters. The standard InChI is InChI=1S/C13H22N2O2S2/c1-12(4-3-9-17-12)11(16)15-7-5-13(19-2,6-8-15)10(14)18/h3-9H2,1-2H3,(H2,14,18). The molecule has 2 N–H and O–H groups in total. The van der Waals surface area contributed by atoms with Gasteiger partial charge in [0.15, 0.2) is 0 Å². The molecule has 1 amide bonds. The molecule has 2 rings (SSSR count). The van der Waals surface area contributed by atoms with Crippen LogP contribution in [0.4, 0.5) is 0 Å². The molecule has 0 bridgehead atoms. The highest BCUT2D eigenvalue weighted by atomic mass is 32.2. The highest BCUT2D eigenvalue weighted by molar-refractivity contribution is 8.02. The number of carbonyl (C=O) groups excluding carboxylic acids is 1. The van der Waals surface area contributed by atoms with Gasteiger partial charge in [0.25, 0.3) is 5.91 Å². The van der Waals surface area contributed by atoms with Gasteiger partial charge in [0.1, 0.15) is 5.60 Å². The van der Waals surface area contributed by atoms with Crippen LogP contribution in [0.25, 0.3) is 0 Å². The fraction of sp³-hybridized carbons (Fsp3) is 0.846. The fourth-order valence-electron chi connectivity index (χ4n) is 2.90. The second-order valence-electron chi connectivity index (χ2n) is 5.54. The Morgan fingerprint density at radius 1 is 1.37 bits per heavy atom. The molecule has 0 aromatic carbocycles. The summed E-state index contributed by atoms with van der Waals surface area (Å²) in [5.41, 5.74) is 5.26. The maximum absolute atomic E-state index is 12.5. The zero-order chi connectivity index (χ0) is 14.1. The predicted molar refractivity (Wildman–Crippen MR) is 82.4 cm³/mol. The number of likely N-dealkylation sites (tertiary alicyclic amines) is 1. The monoisotopic (exact) mass is 302 g/mol. The van der Waals surface area contributed by atoms with Gasteiger partial charge in [-0.1, -0.05) is 12.2 Å². The van der Waals surface area contributed by atoms with E-state index < -0.39 is 5.60 Å². The molecule has 2 fully saturated rings. The van der Waals surface area contributed by atoms with Crippen molar-refractivity contribution in [2.75, 3.05) is 26.0 Å². The Labute approximate surface area is 124 Å². The van der Waals surface area contributed by atoms with Crippen molar-refractivity contribution >= 4 is 34.9 Å². The molecule has 0 aromatic rings. The van der Waals surface area contributed by atoms with Crippen molar-refractivity contribution in [1.82, 2.24) is 4.90 Å². The first kappa shape index (κ1) is 15.1. The smallest absolute Gasteiger partial charge is 0.254 e. The first-order valence-corrected chi connectivity index (χ1v) is 8.35. The number of thioether (sulfide) groups is 1. The summed E-state index contributed by atoms with van der Waals surface area (Å²) in [5, 5.41) is 0. The van der Waals surface area contributed by atoms with Crippen molar-refractivity contribution < 1.29 is 9.53 Å². The van der Waals surface area contributed by atoms with Crippen LogP contribution in [-0.2, 0) is 9.53 Å². The molecule has 0 saturated carbocycles. The van der Waals surface area contributed by atoms with Gasteiger partial charge < -0.3 is 15.4 Å². The van der Waals surface area contributed by atoms with E-state index in [0.29, 0.717) is 11.6 Å². The second-order valence-corrected chi connectivity index (χ2v) is 7.17. The molecule has 2 aliphatic heterocycles. The Balaban J connectivity index is 2.00. The van der Waals surface area contributed by atoms with Crippen molar-refractivity contribution in [1.29, 1.82) is 0 Å². The summed E-state index contributed by atoms with van der Waals surface area (Å²) >= 11 is 6.90. The lowest BCUT2D eigenvalue weighted by Crippen LogP contribution is -2.55. The van der Waals surface area contributed by atoms with Gasteiger partial charge in [0.2, 0.25) is 0 Å². The van der Waals surface area contributed by atoms with Crippen LogP contribution in [0, 0.1) is 0 Å². The SMILES string of the molecule is CSC1(C(N)=S)CCN(C(=O)C2(C)CCCO2)CC1. The van der Waals surface area contributed by atoms with E-state index in [1.54, 1.807) is 11.8 Å². The summed E-state index contributed by atoms with van der Waals surface area (Å²) in [6.45, 7) is 4.04. The molecule has 4 nitrogen and oxygen atoms in total. The minimum atomic E-state index is -0.609. The van der Waals surface area contributed by atoms with Gasteiger partial charge in [0, 0.05) is 19.7 Å². The van der Waals surface area contributed by atoms with Crippen LogP contribution in [-0.4, -0.2) is 52.1 Å². The molecule has 2 saturated heterocycles. The minimum Gasteiger partial charge on any atom is -0.392 e. The molecule has 0 spiro atoms. The number of nitrogens with zero attached hydrogens (tertiary/aromatic N) is 1. The van der Waals surface area contributed by atoms with E-state index in [-0.39, 0.29) is 10.7 Å². The van der Waals surface area contributed by atoms with Crippen LogP contribution >= 0.6 is 24.0 Å². The minimum absolute atomic E-state index is 0.127. The summed E-state index contributed by atoms with van der Waals surface area (Å²) < 4.78 is 5.50. The largest absolute Gasteiger partial charge is 0.392 e. The van der Waals surface area contributed by atoms with Crippen molar-refractivity contribution in [3.63, 3.8) is 0 Å². The second kappa shape index (κ2) is 5.58. The van der Waals surface area contributed by atoms with Crippen molar-refractivity contribution in [3.05, 3.63) is 0 Å². The van der Waals surface area contributed by atoms with E-state index in [4.69, 9.17) is 22.7 Å². The number of carbonyl (C=O) groups is 1. The van der Waals surface area contributed by atoms with Crippen LogP contribution in [0.5, 0.6) is 0 Å². The normalized spacial score (nSPS) is 30.3. The molecule has 0 aliphatic carbocycles. The first-order valence-electron chi connectivity index (χ1n) is 6.72. The summed E-state index contributed by atoms with van der Waals surface area (Å²) in [6.07, 6.45) is 5.51. The zero-order valence-electron chi connectivity index (χ0n) is 11.6. The highest BCUT2D eigenvalue weighted by Gasteiger charge is 2.44. The van der Waals surface area contributed by atoms with Gasteiger partial charge >= 0.3 is 0 Å². The molecular weight excluding hydrogens is 280 g/mol. The lowest BCUT2D eigenvalue weighted by Gasteiger charge is -2.42. The van der Waals surface area contributed by atoms with Crippen LogP contribution in [0.2, 0.25) is 0 Å². The Morgan fingerprint density at radius 2 is 2.00 bits per heavy atom. The van der Waals surface area contributed by atoms with E-state index in [2.05, 4.69) is 0 Å². The Morgan fingerprint density at radius 3 is 2.42 bits per heavy atom. The molecule has 6 heteroatoms. The molecule has 1 unspecified atom stereocenters. The number of hydrogen-bond donors (Lipinski definition) is 1. The lowest BCUT2D eigenvalue weighted by molar-refractivity contribution is -0.152. The van der Waals surface area contributed by atoms with Crippen molar-refractivity contribution in [2.45, 2.75) is 43.0 Å². The topological polar surface area (TPSA) is 55.6 Å². The Hall–Kier alpha value is -0.330. The average Bonchev–Trinajstić information content (AvgIpc) is 2.86. The van der Waals surface area contributed by atoms with E-state index in [9.17, 15) is 4.79 Å². The summed E-state index contributed by atoms with van der Waals surface area (Å²) in [7, 11) is 0. The van der Waals surface area contributed by atoms with Gasteiger partial charge in [0.05, 0.1) is 9.74 Å². The Bertz CT molecular complexity index is 373. The van der Waals surface area contributed by atoms with Crippen LogP contribution in [0.3, 0.4) is 0 Å². The molecule has 0 radical (unpaired) electrons. The quantitative estimate of drug-likeness (QED) is 0.802. The van der Waals surface area contributed by atoms with Crippen molar-refractivity contribution in [2.24, 2.45) is 5.73 Å². The number of piperidine rings is 1. The van der Waals surface area contributed by atoms with Crippen LogP contribution < -0.4 is 5.73 Å². The molecule has 108 valence electrons. The van der Waals surface area contributed by atoms with E-state index in [1.807, 2.05) is 18.1 Å². The molecule has 19 heavy (non-hydrogen) atoms. The van der Waals surface area contributed by atoms with Crippen LogP contribution in [0.1, 0.15) is 32.6 Å². The first-order chi connectivity index (χ1) is 8.93. The predicted octanol–water partition coefficient (Wildman–Crippen LogP) is 1.57. The number of hydrogen-bond acceptors (Lipinski definition) is 4. The maximum atomic E-state index is 12.5. The van der Waals surface area contributed by atoms with Gasteiger partial charge in [-0.25, -0.2) is 0 Å². The summed E-state index contributed by atoms with van der Waals surface area (Å²) in [5.74, 6) is 0.127. The molecule has 2 aliphatic rings. The number of rotatable bonds is 3. The van der Waals surface area contributed by atoms with Gasteiger partial charge in [-0.05, 0) is 38.9 Å². The highest BCUT2D eigenvalue weighted by Crippen LogP contribution is 2.36. The van der Waals surface area contributed by atoms with Gasteiger partial charge in [-0.3, -0.25) is 4.79 Å². The number of amides is 1. The maximum Gasteiger partial charge on any atom is 0.254 e. The zero-order valence-corrected chi connectivity index (χ0v) is 13.2. The molecule has 2 heterocycles. The van der Waals surface area contributed by atoms with E-state index in [1.165, 1.54) is 0 Å². The third kappa shape index (κ3) is 2.76. The Kier molecular flexibility index (Phi) is 4.42. The molecule has 0 aromatic heterocycles. The van der Waals surface area contributed by atoms with Crippen molar-refractivity contribution in [3.8, 4) is 0 Å². The number of ether oxygens (including phenoxy) is 1. The van der Waals surface area contributed by atoms with Gasteiger partial charge in [-0.15, -0.1) is 0 Å². The van der Waals surface area contributed by atoms with E-state index in [0.717, 1.165) is 38.8 Å². The summed E-state index contributed by atoms with van der Waals surface area (Å²) in [6, 6.07) is 0. The van der Waals surface area contributed by atoms with E-state index >= 15 is 0 Å². The number of thiocarbonyl (C=S) groups is 1. The fourth-order valence-corrected chi connectivity index (χ4v) is 4.15. The number of nitrogens with two attached hydrogens (primary N) is 1. The third-order valence-corrected chi connectivity index (χ3v) is 6.30. The summed E-state index contributed by atoms with van der Waals surface area (Å²) in [4.78, 5) is 15.0. The lowest BCUT2D eigenvalue weighted by atomic mass is 9.93. The van der Waals surface area contributed by atoms with Crippen LogP contribution in [0.15, 0.2) is 0 Å². The van der Waals surface area contributed by atoms with Gasteiger partial charge in [-0.2, -0.15) is 11.8 Å².